The van der Waals surface area contributed by atoms with Crippen molar-refractivity contribution in [3.05, 3.63) is 101 Å². The van der Waals surface area contributed by atoms with E-state index < -0.39 is 27.4 Å². The van der Waals surface area contributed by atoms with Crippen molar-refractivity contribution in [3.63, 3.8) is 0 Å². The maximum atomic E-state index is 13.2. The van der Waals surface area contributed by atoms with E-state index in [9.17, 15) is 23.3 Å². The highest BCUT2D eigenvalue weighted by molar-refractivity contribution is 7.98. The minimum atomic E-state index is -4.06. The lowest BCUT2D eigenvalue weighted by atomic mass is 10.2. The van der Waals surface area contributed by atoms with E-state index in [0.717, 1.165) is 10.1 Å². The van der Waals surface area contributed by atoms with E-state index in [1.807, 2.05) is 30.3 Å². The Hall–Kier alpha value is -3.37. The first-order valence-corrected chi connectivity index (χ1v) is 12.7. The number of thioether (sulfide) groups is 1. The Kier molecular flexibility index (Phi) is 8.45. The third-order valence-corrected chi connectivity index (χ3v) is 7.47. The van der Waals surface area contributed by atoms with Crippen LogP contribution in [0.5, 0.6) is 0 Å². The molecule has 10 heteroatoms. The van der Waals surface area contributed by atoms with Gasteiger partial charge in [0.2, 0.25) is 5.91 Å². The molecule has 0 aliphatic heterocycles. The van der Waals surface area contributed by atoms with Crippen molar-refractivity contribution in [2.75, 3.05) is 23.1 Å². The number of nitro benzene ring substituents is 1. The zero-order valence-corrected chi connectivity index (χ0v) is 19.3. The summed E-state index contributed by atoms with van der Waals surface area (Å²) in [5.74, 6) is 1.02. The van der Waals surface area contributed by atoms with Gasteiger partial charge in [-0.25, -0.2) is 8.42 Å². The topological polar surface area (TPSA) is 110 Å². The number of carbonyl (C=O) groups excluding carboxylic acids is 1. The molecule has 0 bridgehead atoms. The Bertz CT molecular complexity index is 1170. The summed E-state index contributed by atoms with van der Waals surface area (Å²) >= 11 is 1.66. The SMILES string of the molecule is O=C(CN(c1ccc([N+](=O)[O-])cc1)S(=O)(=O)c1ccccc1)NCCSCc1ccccc1. The fraction of sp³-hybridized carbons (Fsp3) is 0.174. The smallest absolute Gasteiger partial charge is 0.269 e. The lowest BCUT2D eigenvalue weighted by molar-refractivity contribution is -0.384. The van der Waals surface area contributed by atoms with Gasteiger partial charge in [0.1, 0.15) is 6.54 Å². The monoisotopic (exact) mass is 485 g/mol. The van der Waals surface area contributed by atoms with Crippen molar-refractivity contribution in [3.8, 4) is 0 Å². The fourth-order valence-corrected chi connectivity index (χ4v) is 5.25. The maximum Gasteiger partial charge on any atom is 0.269 e. The molecule has 8 nitrogen and oxygen atoms in total. The van der Waals surface area contributed by atoms with Crippen molar-refractivity contribution < 1.29 is 18.1 Å². The Morgan fingerprint density at radius 2 is 1.55 bits per heavy atom. The van der Waals surface area contributed by atoms with Crippen molar-refractivity contribution in [2.24, 2.45) is 0 Å². The van der Waals surface area contributed by atoms with Gasteiger partial charge in [-0.1, -0.05) is 48.5 Å². The van der Waals surface area contributed by atoms with Gasteiger partial charge in [0.15, 0.2) is 0 Å². The molecule has 0 spiro atoms. The van der Waals surface area contributed by atoms with Crippen LogP contribution in [0.4, 0.5) is 11.4 Å². The van der Waals surface area contributed by atoms with Crippen LogP contribution in [-0.2, 0) is 20.6 Å². The number of rotatable bonds is 11. The van der Waals surface area contributed by atoms with Crippen molar-refractivity contribution in [1.82, 2.24) is 5.32 Å². The number of sulfonamides is 1. The van der Waals surface area contributed by atoms with Gasteiger partial charge in [-0.2, -0.15) is 11.8 Å². The third-order valence-electron chi connectivity index (χ3n) is 4.65. The molecular formula is C23H23N3O5S2. The predicted molar refractivity (Wildman–Crippen MR) is 130 cm³/mol. The van der Waals surface area contributed by atoms with Crippen molar-refractivity contribution in [1.29, 1.82) is 0 Å². The van der Waals surface area contributed by atoms with E-state index in [-0.39, 0.29) is 16.3 Å². The Morgan fingerprint density at radius 3 is 2.15 bits per heavy atom. The minimum Gasteiger partial charge on any atom is -0.354 e. The van der Waals surface area contributed by atoms with Gasteiger partial charge in [0.05, 0.1) is 15.5 Å². The first-order chi connectivity index (χ1) is 15.9. The van der Waals surface area contributed by atoms with Gasteiger partial charge >= 0.3 is 0 Å². The standard InChI is InChI=1S/C23H23N3O5S2/c27-23(24-15-16-32-18-19-7-3-1-4-8-19)17-25(20-11-13-21(14-12-20)26(28)29)33(30,31)22-9-5-2-6-10-22/h1-14H,15-18H2,(H,24,27). The molecule has 0 unspecified atom stereocenters. The lowest BCUT2D eigenvalue weighted by Gasteiger charge is -2.24. The average molecular weight is 486 g/mol. The molecule has 172 valence electrons. The van der Waals surface area contributed by atoms with Crippen LogP contribution in [0.15, 0.2) is 89.8 Å². The summed E-state index contributed by atoms with van der Waals surface area (Å²) in [6.07, 6.45) is 0. The maximum absolute atomic E-state index is 13.2. The van der Waals surface area contributed by atoms with E-state index in [4.69, 9.17) is 0 Å². The number of amides is 1. The molecule has 3 aromatic rings. The number of nitrogens with one attached hydrogen (secondary N) is 1. The second kappa shape index (κ2) is 11.5. The molecule has 0 heterocycles. The fourth-order valence-electron chi connectivity index (χ4n) is 2.99. The normalized spacial score (nSPS) is 11.0. The van der Waals surface area contributed by atoms with Crippen LogP contribution in [0.1, 0.15) is 5.56 Å². The van der Waals surface area contributed by atoms with Crippen molar-refractivity contribution >= 4 is 39.1 Å². The third kappa shape index (κ3) is 6.80. The minimum absolute atomic E-state index is 0.0227. The van der Waals surface area contributed by atoms with Crippen LogP contribution in [0.25, 0.3) is 0 Å². The van der Waals surface area contributed by atoms with Gasteiger partial charge in [0, 0.05) is 30.2 Å². The van der Waals surface area contributed by atoms with Crippen LogP contribution >= 0.6 is 11.8 Å². The molecule has 33 heavy (non-hydrogen) atoms. The van der Waals surface area contributed by atoms with E-state index in [1.165, 1.54) is 42.0 Å². The van der Waals surface area contributed by atoms with E-state index >= 15 is 0 Å². The van der Waals surface area contributed by atoms with Gasteiger partial charge in [-0.05, 0) is 29.8 Å². The van der Waals surface area contributed by atoms with Gasteiger partial charge in [0.25, 0.3) is 15.7 Å². The number of non-ortho nitro benzene ring substituents is 1. The summed E-state index contributed by atoms with van der Waals surface area (Å²) in [6, 6.07) is 22.8. The first kappa shape index (κ1) is 24.3. The quantitative estimate of drug-likeness (QED) is 0.251. The first-order valence-electron chi connectivity index (χ1n) is 10.1. The molecule has 0 aliphatic rings. The molecule has 0 radical (unpaired) electrons. The molecule has 0 atom stereocenters. The van der Waals surface area contributed by atoms with Crippen LogP contribution in [-0.4, -0.2) is 38.1 Å². The van der Waals surface area contributed by atoms with Gasteiger partial charge in [-0.3, -0.25) is 19.2 Å². The second-order valence-electron chi connectivity index (χ2n) is 6.99. The Morgan fingerprint density at radius 1 is 0.939 bits per heavy atom. The molecule has 1 amide bonds. The van der Waals surface area contributed by atoms with E-state index in [0.29, 0.717) is 12.3 Å². The Balaban J connectivity index is 1.67. The molecule has 0 fully saturated rings. The molecular weight excluding hydrogens is 462 g/mol. The molecule has 3 rings (SSSR count). The average Bonchev–Trinajstić information content (AvgIpc) is 2.83. The van der Waals surface area contributed by atoms with Crippen LogP contribution in [0, 0.1) is 10.1 Å². The van der Waals surface area contributed by atoms with Crippen LogP contribution in [0.2, 0.25) is 0 Å². The molecule has 1 N–H and O–H groups in total. The zero-order valence-electron chi connectivity index (χ0n) is 17.7. The number of benzene rings is 3. The molecule has 3 aromatic carbocycles. The van der Waals surface area contributed by atoms with Crippen molar-refractivity contribution in [2.45, 2.75) is 10.6 Å². The molecule has 0 saturated carbocycles. The lowest BCUT2D eigenvalue weighted by Crippen LogP contribution is -2.41. The molecule has 0 aromatic heterocycles. The highest BCUT2D eigenvalue weighted by Gasteiger charge is 2.27. The highest BCUT2D eigenvalue weighted by atomic mass is 32.2. The number of nitro groups is 1. The number of carbonyl (C=O) groups is 1. The van der Waals surface area contributed by atoms with Gasteiger partial charge < -0.3 is 5.32 Å². The number of hydrogen-bond acceptors (Lipinski definition) is 6. The predicted octanol–water partition coefficient (Wildman–Crippen LogP) is 3.84. The summed E-state index contributed by atoms with van der Waals surface area (Å²) in [7, 11) is -4.06. The number of nitrogens with zero attached hydrogens (tertiary/aromatic N) is 2. The number of hydrogen-bond donors (Lipinski definition) is 1. The van der Waals surface area contributed by atoms with Gasteiger partial charge in [-0.15, -0.1) is 0 Å². The largest absolute Gasteiger partial charge is 0.354 e. The highest BCUT2D eigenvalue weighted by Crippen LogP contribution is 2.25. The summed E-state index contributed by atoms with van der Waals surface area (Å²) in [5, 5.41) is 13.7. The second-order valence-corrected chi connectivity index (χ2v) is 9.95. The molecule has 0 saturated heterocycles. The van der Waals surface area contributed by atoms with E-state index in [2.05, 4.69) is 5.32 Å². The van der Waals surface area contributed by atoms with E-state index in [1.54, 1.807) is 30.0 Å². The summed E-state index contributed by atoms with van der Waals surface area (Å²) in [4.78, 5) is 23.0. The summed E-state index contributed by atoms with van der Waals surface area (Å²) in [6.45, 7) is -0.0613. The Labute approximate surface area is 196 Å². The summed E-state index contributed by atoms with van der Waals surface area (Å²) < 4.78 is 27.4. The zero-order chi connectivity index (χ0) is 23.7. The number of anilines is 1. The summed E-state index contributed by atoms with van der Waals surface area (Å²) in [5.41, 5.74) is 1.18. The molecule has 0 aliphatic carbocycles. The van der Waals surface area contributed by atoms with Crippen LogP contribution in [0.3, 0.4) is 0 Å². The van der Waals surface area contributed by atoms with Crippen LogP contribution < -0.4 is 9.62 Å².